The van der Waals surface area contributed by atoms with Gasteiger partial charge >= 0.3 is 0 Å². The molecule has 1 aromatic heterocycles. The van der Waals surface area contributed by atoms with Crippen molar-refractivity contribution >= 4 is 23.4 Å². The monoisotopic (exact) mass is 414 g/mol. The first kappa shape index (κ1) is 20.3. The molecule has 3 rings (SSSR count). The van der Waals surface area contributed by atoms with Gasteiger partial charge in [-0.15, -0.1) is 0 Å². The number of thioether (sulfide) groups is 1. The van der Waals surface area contributed by atoms with Crippen molar-refractivity contribution in [3.8, 4) is 5.75 Å². The fraction of sp³-hybridized carbons (Fsp3) is 0.333. The van der Waals surface area contributed by atoms with Gasteiger partial charge in [-0.2, -0.15) is 11.8 Å². The molecule has 28 heavy (non-hydrogen) atoms. The number of hydrogen-bond acceptors (Lipinski definition) is 6. The maximum Gasteiger partial charge on any atom is 0.262 e. The molecule has 0 spiro atoms. The van der Waals surface area contributed by atoms with Gasteiger partial charge in [-0.05, 0) is 0 Å². The van der Waals surface area contributed by atoms with Gasteiger partial charge in [0.1, 0.15) is 12.0 Å². The number of ether oxygens (including phenoxy) is 1. The zero-order valence-corrected chi connectivity index (χ0v) is 15.5. The summed E-state index contributed by atoms with van der Waals surface area (Å²) in [5.74, 6) is -2.88. The summed E-state index contributed by atoms with van der Waals surface area (Å²) in [6.45, 7) is 1.75. The number of benzene rings is 1. The number of amides is 1. The van der Waals surface area contributed by atoms with Crippen LogP contribution < -0.4 is 15.5 Å². The lowest BCUT2D eigenvalue weighted by molar-refractivity contribution is -0.118. The van der Waals surface area contributed by atoms with E-state index in [0.29, 0.717) is 24.4 Å². The second kappa shape index (κ2) is 9.16. The Kier molecular flexibility index (Phi) is 6.63. The Labute approximate surface area is 162 Å². The third-order valence-corrected chi connectivity index (χ3v) is 4.90. The fourth-order valence-electron chi connectivity index (χ4n) is 2.57. The molecule has 150 valence electrons. The molecule has 0 aliphatic carbocycles. The summed E-state index contributed by atoms with van der Waals surface area (Å²) in [4.78, 5) is 26.1. The number of halogens is 3. The second-order valence-corrected chi connectivity index (χ2v) is 7.28. The van der Waals surface area contributed by atoms with Crippen LogP contribution in [0.3, 0.4) is 0 Å². The van der Waals surface area contributed by atoms with E-state index >= 15 is 0 Å². The van der Waals surface area contributed by atoms with Gasteiger partial charge in [-0.1, -0.05) is 0 Å². The number of rotatable bonds is 6. The van der Waals surface area contributed by atoms with E-state index in [4.69, 9.17) is 9.15 Å². The van der Waals surface area contributed by atoms with Gasteiger partial charge in [0.15, 0.2) is 24.1 Å². The average Bonchev–Trinajstić information content (AvgIpc) is 2.66. The van der Waals surface area contributed by atoms with Crippen molar-refractivity contribution in [2.45, 2.75) is 6.54 Å². The summed E-state index contributed by atoms with van der Waals surface area (Å²) in [5.41, 5.74) is -0.716. The molecule has 0 atom stereocenters. The summed E-state index contributed by atoms with van der Waals surface area (Å²) < 4.78 is 49.7. The van der Waals surface area contributed by atoms with Gasteiger partial charge in [0.2, 0.25) is 11.2 Å². The van der Waals surface area contributed by atoms with Crippen molar-refractivity contribution in [2.24, 2.45) is 0 Å². The SMILES string of the molecule is O=C(COc1coc(CN2CCSCC2)cc1=O)Nc1cc(F)c(F)c(F)c1. The lowest BCUT2D eigenvalue weighted by atomic mass is 10.3. The Morgan fingerprint density at radius 1 is 1.18 bits per heavy atom. The predicted octanol–water partition coefficient (Wildman–Crippen LogP) is 2.62. The van der Waals surface area contributed by atoms with Crippen molar-refractivity contribution in [1.82, 2.24) is 4.90 Å². The van der Waals surface area contributed by atoms with Crippen LogP contribution in [0.5, 0.6) is 5.75 Å². The maximum atomic E-state index is 13.1. The zero-order chi connectivity index (χ0) is 20.1. The first-order chi connectivity index (χ1) is 13.4. The van der Waals surface area contributed by atoms with Crippen LogP contribution >= 0.6 is 11.8 Å². The quantitative estimate of drug-likeness (QED) is 0.733. The number of anilines is 1. The largest absolute Gasteiger partial charge is 0.477 e. The molecule has 1 N–H and O–H groups in total. The van der Waals surface area contributed by atoms with Crippen LogP contribution in [0.4, 0.5) is 18.9 Å². The number of nitrogens with one attached hydrogen (secondary N) is 1. The van der Waals surface area contributed by atoms with Gasteiger partial charge in [-0.3, -0.25) is 14.5 Å². The van der Waals surface area contributed by atoms with Crippen LogP contribution in [0, 0.1) is 17.5 Å². The first-order valence-electron chi connectivity index (χ1n) is 8.41. The fourth-order valence-corrected chi connectivity index (χ4v) is 3.55. The summed E-state index contributed by atoms with van der Waals surface area (Å²) in [7, 11) is 0. The topological polar surface area (TPSA) is 71.8 Å². The molecule has 0 bridgehead atoms. The summed E-state index contributed by atoms with van der Waals surface area (Å²) in [5, 5.41) is 2.15. The molecule has 0 radical (unpaired) electrons. The third-order valence-electron chi connectivity index (χ3n) is 3.96. The highest BCUT2D eigenvalue weighted by molar-refractivity contribution is 7.99. The highest BCUT2D eigenvalue weighted by Crippen LogP contribution is 2.17. The van der Waals surface area contributed by atoms with Crippen LogP contribution in [0.2, 0.25) is 0 Å². The standard InChI is InChI=1S/C18H17F3N2O4S/c19-13-5-11(6-14(20)18(13)21)22-17(25)10-27-16-9-26-12(7-15(16)24)8-23-1-3-28-4-2-23/h5-7,9H,1-4,8,10H2,(H,22,25). The predicted molar refractivity (Wildman–Crippen MR) is 98.0 cm³/mol. The van der Waals surface area contributed by atoms with Crippen LogP contribution in [-0.2, 0) is 11.3 Å². The first-order valence-corrected chi connectivity index (χ1v) is 9.57. The molecule has 1 amide bonds. The second-order valence-electron chi connectivity index (χ2n) is 6.05. The van der Waals surface area contributed by atoms with Gasteiger partial charge in [0.25, 0.3) is 5.91 Å². The van der Waals surface area contributed by atoms with Crippen LogP contribution in [-0.4, -0.2) is 42.0 Å². The van der Waals surface area contributed by atoms with E-state index < -0.39 is 35.4 Å². The van der Waals surface area contributed by atoms with Crippen LogP contribution in [0.25, 0.3) is 0 Å². The molecular weight excluding hydrogens is 397 g/mol. The molecule has 1 saturated heterocycles. The molecule has 1 fully saturated rings. The molecule has 2 aromatic rings. The van der Waals surface area contributed by atoms with Crippen LogP contribution in [0.1, 0.15) is 5.76 Å². The van der Waals surface area contributed by atoms with Crippen molar-refractivity contribution < 1.29 is 27.1 Å². The highest BCUT2D eigenvalue weighted by atomic mass is 32.2. The van der Waals surface area contributed by atoms with Crippen molar-refractivity contribution in [3.63, 3.8) is 0 Å². The molecule has 6 nitrogen and oxygen atoms in total. The Morgan fingerprint density at radius 3 is 2.50 bits per heavy atom. The smallest absolute Gasteiger partial charge is 0.262 e. The summed E-state index contributed by atoms with van der Waals surface area (Å²) in [6.07, 6.45) is 1.13. The van der Waals surface area contributed by atoms with Gasteiger partial charge in [0.05, 0.1) is 6.54 Å². The molecule has 2 heterocycles. The van der Waals surface area contributed by atoms with E-state index in [2.05, 4.69) is 10.2 Å². The molecule has 0 unspecified atom stereocenters. The van der Waals surface area contributed by atoms with E-state index in [1.165, 1.54) is 6.07 Å². The molecular formula is C18H17F3N2O4S. The van der Waals surface area contributed by atoms with E-state index in [1.54, 1.807) is 0 Å². The highest BCUT2D eigenvalue weighted by Gasteiger charge is 2.15. The Bertz CT molecular complexity index is 893. The molecule has 10 heteroatoms. The number of hydrogen-bond donors (Lipinski definition) is 1. The molecule has 1 aromatic carbocycles. The summed E-state index contributed by atoms with van der Waals surface area (Å²) >= 11 is 1.87. The normalized spacial score (nSPS) is 14.7. The Morgan fingerprint density at radius 2 is 1.86 bits per heavy atom. The van der Waals surface area contributed by atoms with Crippen molar-refractivity contribution in [2.75, 3.05) is 36.5 Å². The van der Waals surface area contributed by atoms with Gasteiger partial charge in [-0.25, -0.2) is 13.2 Å². The van der Waals surface area contributed by atoms with E-state index in [-0.39, 0.29) is 11.4 Å². The van der Waals surface area contributed by atoms with Crippen molar-refractivity contribution in [1.29, 1.82) is 0 Å². The van der Waals surface area contributed by atoms with Crippen molar-refractivity contribution in [3.05, 3.63) is 57.9 Å². The lowest BCUT2D eigenvalue weighted by Gasteiger charge is -2.25. The summed E-state index contributed by atoms with van der Waals surface area (Å²) in [6, 6.07) is 2.58. The molecule has 1 aliphatic heterocycles. The minimum absolute atomic E-state index is 0.162. The van der Waals surface area contributed by atoms with Gasteiger partial charge in [0, 0.05) is 48.5 Å². The van der Waals surface area contributed by atoms with E-state index in [1.807, 2.05) is 11.8 Å². The van der Waals surface area contributed by atoms with Crippen LogP contribution in [0.15, 0.2) is 33.7 Å². The molecule has 1 aliphatic rings. The number of carbonyl (C=O) groups is 1. The minimum Gasteiger partial charge on any atom is -0.477 e. The lowest BCUT2D eigenvalue weighted by Crippen LogP contribution is -2.32. The van der Waals surface area contributed by atoms with Gasteiger partial charge < -0.3 is 14.5 Å². The minimum atomic E-state index is -1.63. The number of nitrogens with zero attached hydrogens (tertiary/aromatic N) is 1. The Hall–Kier alpha value is -2.46. The molecule has 0 saturated carbocycles. The zero-order valence-electron chi connectivity index (χ0n) is 14.7. The maximum absolute atomic E-state index is 13.1. The average molecular weight is 414 g/mol. The third kappa shape index (κ3) is 5.29. The van der Waals surface area contributed by atoms with E-state index in [9.17, 15) is 22.8 Å². The Balaban J connectivity index is 1.55. The van der Waals surface area contributed by atoms with E-state index in [0.717, 1.165) is 30.9 Å². The number of carbonyl (C=O) groups excluding carboxylic acids is 1.